The lowest BCUT2D eigenvalue weighted by Gasteiger charge is -2.05. The summed E-state index contributed by atoms with van der Waals surface area (Å²) in [5.41, 5.74) is 0. The average Bonchev–Trinajstić information content (AvgIpc) is 2.19. The lowest BCUT2D eigenvalue weighted by Crippen LogP contribution is -2.25. The first kappa shape index (κ1) is 6.05. The molecule has 1 atom stereocenters. The van der Waals surface area contributed by atoms with E-state index in [1.807, 2.05) is 0 Å². The Bertz CT molecular complexity index is 64.1. The molecule has 0 radical (unpaired) electrons. The number of nitrogens with one attached hydrogen (secondary N) is 1. The van der Waals surface area contributed by atoms with Crippen molar-refractivity contribution >= 4 is 0 Å². The van der Waals surface area contributed by atoms with Gasteiger partial charge in [0.2, 0.25) is 0 Å². The Morgan fingerprint density at radius 2 is 2.75 bits per heavy atom. The van der Waals surface area contributed by atoms with E-state index in [1.165, 1.54) is 19.4 Å². The first-order valence-electron chi connectivity index (χ1n) is 3.16. The third-order valence-electron chi connectivity index (χ3n) is 1.53. The summed E-state index contributed by atoms with van der Waals surface area (Å²) in [5, 5.41) is 3.33. The Balaban J connectivity index is 0.000000640. The summed E-state index contributed by atoms with van der Waals surface area (Å²) in [6, 6.07) is 0.639. The molecule has 0 aromatic heterocycles. The van der Waals surface area contributed by atoms with Crippen molar-refractivity contribution in [2.75, 3.05) is 20.3 Å². The Labute approximate surface area is 51.7 Å². The van der Waals surface area contributed by atoms with Crippen LogP contribution in [0.25, 0.3) is 0 Å². The maximum Gasteiger partial charge on any atom is 0.0615 e. The molecule has 0 amide bonds. The second-order valence-corrected chi connectivity index (χ2v) is 2.25. The number of ether oxygens (including phenoxy) is 1. The van der Waals surface area contributed by atoms with Crippen LogP contribution in [0.4, 0.5) is 0 Å². The van der Waals surface area contributed by atoms with E-state index in [2.05, 4.69) is 5.32 Å². The monoisotopic (exact) mass is 117 g/mol. The summed E-state index contributed by atoms with van der Waals surface area (Å²) in [5.74, 6) is 0. The molecule has 0 aromatic rings. The maximum atomic E-state index is 4.96. The molecule has 1 heterocycles. The van der Waals surface area contributed by atoms with E-state index in [0.29, 0.717) is 6.04 Å². The van der Waals surface area contributed by atoms with Crippen molar-refractivity contribution in [2.24, 2.45) is 0 Å². The van der Waals surface area contributed by atoms with Gasteiger partial charge in [-0.05, 0) is 19.4 Å². The quantitative estimate of drug-likeness (QED) is 0.573. The highest BCUT2D eigenvalue weighted by Crippen LogP contribution is 2.03. The molecule has 0 bridgehead atoms. The van der Waals surface area contributed by atoms with Crippen LogP contribution in [0.1, 0.15) is 14.3 Å². The molecule has 0 saturated carbocycles. The second-order valence-electron chi connectivity index (χ2n) is 2.25. The molecule has 1 fully saturated rings. The zero-order chi connectivity index (χ0) is 5.82. The SMILES string of the molecule is COC[C@H]1CCCN1.[HH]. The van der Waals surface area contributed by atoms with Gasteiger partial charge in [0.1, 0.15) is 0 Å². The highest BCUT2D eigenvalue weighted by Gasteiger charge is 2.11. The minimum Gasteiger partial charge on any atom is -0.383 e. The van der Waals surface area contributed by atoms with Crippen molar-refractivity contribution in [3.8, 4) is 0 Å². The molecule has 8 heavy (non-hydrogen) atoms. The van der Waals surface area contributed by atoms with Gasteiger partial charge in [0.15, 0.2) is 0 Å². The first-order chi connectivity index (χ1) is 3.93. The molecule has 2 nitrogen and oxygen atoms in total. The van der Waals surface area contributed by atoms with Crippen molar-refractivity contribution in [3.63, 3.8) is 0 Å². The van der Waals surface area contributed by atoms with Crippen LogP contribution in [0.5, 0.6) is 0 Å². The van der Waals surface area contributed by atoms with E-state index in [0.717, 1.165) is 6.61 Å². The van der Waals surface area contributed by atoms with Crippen molar-refractivity contribution in [2.45, 2.75) is 18.9 Å². The van der Waals surface area contributed by atoms with Crippen molar-refractivity contribution < 1.29 is 6.16 Å². The van der Waals surface area contributed by atoms with Gasteiger partial charge in [-0.2, -0.15) is 0 Å². The van der Waals surface area contributed by atoms with E-state index in [-0.39, 0.29) is 1.43 Å². The van der Waals surface area contributed by atoms with E-state index in [1.54, 1.807) is 7.11 Å². The van der Waals surface area contributed by atoms with Gasteiger partial charge in [-0.1, -0.05) is 0 Å². The predicted molar refractivity (Wildman–Crippen MR) is 35.0 cm³/mol. The summed E-state index contributed by atoms with van der Waals surface area (Å²) in [6.45, 7) is 2.05. The van der Waals surface area contributed by atoms with E-state index < -0.39 is 0 Å². The van der Waals surface area contributed by atoms with Crippen LogP contribution in [0.3, 0.4) is 0 Å². The molecule has 0 aromatic carbocycles. The molecule has 1 saturated heterocycles. The molecule has 1 rings (SSSR count). The Hall–Kier alpha value is -0.0800. The largest absolute Gasteiger partial charge is 0.383 e. The molecule has 50 valence electrons. The van der Waals surface area contributed by atoms with Crippen molar-refractivity contribution in [1.29, 1.82) is 0 Å². The van der Waals surface area contributed by atoms with E-state index in [4.69, 9.17) is 4.74 Å². The van der Waals surface area contributed by atoms with Gasteiger partial charge in [0, 0.05) is 14.6 Å². The minimum atomic E-state index is 0. The Kier molecular flexibility index (Phi) is 2.30. The molecule has 1 aliphatic heterocycles. The van der Waals surface area contributed by atoms with Gasteiger partial charge in [-0.25, -0.2) is 0 Å². The summed E-state index contributed by atoms with van der Waals surface area (Å²) in [4.78, 5) is 0. The van der Waals surface area contributed by atoms with Crippen LogP contribution >= 0.6 is 0 Å². The van der Waals surface area contributed by atoms with Gasteiger partial charge < -0.3 is 10.1 Å². The smallest absolute Gasteiger partial charge is 0.0615 e. The Morgan fingerprint density at radius 1 is 1.88 bits per heavy atom. The summed E-state index contributed by atoms with van der Waals surface area (Å²) < 4.78 is 4.96. The number of hydrogen-bond donors (Lipinski definition) is 1. The summed E-state index contributed by atoms with van der Waals surface area (Å²) in [7, 11) is 1.75. The average molecular weight is 117 g/mol. The van der Waals surface area contributed by atoms with Crippen LogP contribution in [0.2, 0.25) is 0 Å². The molecule has 1 aliphatic rings. The van der Waals surface area contributed by atoms with Gasteiger partial charge in [-0.3, -0.25) is 0 Å². The fourth-order valence-electron chi connectivity index (χ4n) is 1.10. The Morgan fingerprint density at radius 3 is 3.25 bits per heavy atom. The molecular weight excluding hydrogens is 102 g/mol. The van der Waals surface area contributed by atoms with Crippen molar-refractivity contribution in [3.05, 3.63) is 0 Å². The highest BCUT2D eigenvalue weighted by atomic mass is 16.5. The van der Waals surface area contributed by atoms with Crippen LogP contribution in [0.15, 0.2) is 0 Å². The molecule has 1 N–H and O–H groups in total. The molecular formula is C6H15NO. The third-order valence-corrected chi connectivity index (χ3v) is 1.53. The minimum absolute atomic E-state index is 0. The van der Waals surface area contributed by atoms with E-state index in [9.17, 15) is 0 Å². The first-order valence-corrected chi connectivity index (χ1v) is 3.16. The molecule has 0 aliphatic carbocycles. The zero-order valence-corrected chi connectivity index (χ0v) is 5.31. The number of methoxy groups -OCH3 is 1. The van der Waals surface area contributed by atoms with Crippen LogP contribution < -0.4 is 5.32 Å². The molecule has 0 spiro atoms. The fourth-order valence-corrected chi connectivity index (χ4v) is 1.10. The van der Waals surface area contributed by atoms with Gasteiger partial charge in [0.05, 0.1) is 6.61 Å². The topological polar surface area (TPSA) is 21.3 Å². The maximum absolute atomic E-state index is 4.96. The summed E-state index contributed by atoms with van der Waals surface area (Å²) in [6.07, 6.45) is 2.60. The molecule has 2 heteroatoms. The van der Waals surface area contributed by atoms with Crippen LogP contribution in [-0.2, 0) is 4.74 Å². The second kappa shape index (κ2) is 3.05. The third kappa shape index (κ3) is 1.46. The van der Waals surface area contributed by atoms with Gasteiger partial charge in [-0.15, -0.1) is 0 Å². The summed E-state index contributed by atoms with van der Waals surface area (Å²) >= 11 is 0. The zero-order valence-electron chi connectivity index (χ0n) is 5.31. The van der Waals surface area contributed by atoms with Gasteiger partial charge >= 0.3 is 0 Å². The lowest BCUT2D eigenvalue weighted by atomic mass is 10.2. The lowest BCUT2D eigenvalue weighted by molar-refractivity contribution is 0.173. The van der Waals surface area contributed by atoms with Crippen LogP contribution in [-0.4, -0.2) is 26.3 Å². The normalized spacial score (nSPS) is 28.9. The molecule has 0 unspecified atom stereocenters. The number of hydrogen-bond acceptors (Lipinski definition) is 2. The van der Waals surface area contributed by atoms with Gasteiger partial charge in [0.25, 0.3) is 0 Å². The highest BCUT2D eigenvalue weighted by molar-refractivity contribution is 4.72. The standard InChI is InChI=1S/C6H13NO.H2/c1-8-5-6-3-2-4-7-6;/h6-7H,2-5H2,1H3;1H/t6-;/m1./s1. The van der Waals surface area contributed by atoms with Crippen molar-refractivity contribution in [1.82, 2.24) is 5.32 Å². The number of rotatable bonds is 2. The van der Waals surface area contributed by atoms with Crippen LogP contribution in [0, 0.1) is 0 Å². The fraction of sp³-hybridized carbons (Fsp3) is 1.00. The van der Waals surface area contributed by atoms with E-state index >= 15 is 0 Å². The predicted octanol–water partition coefficient (Wildman–Crippen LogP) is 0.631.